The smallest absolute Gasteiger partial charge is 0.225 e. The first-order valence-electron chi connectivity index (χ1n) is 11.0. The Morgan fingerprint density at radius 2 is 2.00 bits per heavy atom. The van der Waals surface area contributed by atoms with Crippen LogP contribution in [0.5, 0.6) is 5.75 Å². The molecular weight excluding hydrogens is 388 g/mol. The highest BCUT2D eigenvalue weighted by molar-refractivity contribution is 5.46. The molecule has 1 fully saturated rings. The molecule has 3 N–H and O–H groups in total. The average molecular weight is 425 g/mol. The maximum atomic E-state index is 10.5. The molecule has 5 atom stereocenters. The molecule has 3 rings (SSSR count). The van der Waals surface area contributed by atoms with Crippen molar-refractivity contribution >= 4 is 0 Å². The lowest BCUT2D eigenvalue weighted by Gasteiger charge is -2.28. The van der Waals surface area contributed by atoms with Crippen LogP contribution >= 0.6 is 0 Å². The lowest BCUT2D eigenvalue weighted by atomic mass is 9.95. The second kappa shape index (κ2) is 9.51. The van der Waals surface area contributed by atoms with Gasteiger partial charge in [-0.25, -0.2) is 0 Å². The molecule has 1 saturated heterocycles. The minimum Gasteiger partial charge on any atom is -0.490 e. The molecule has 0 amide bonds. The molecule has 0 aliphatic carbocycles. The molecule has 7 nitrogen and oxygen atoms in total. The minimum atomic E-state index is -1.26. The van der Waals surface area contributed by atoms with E-state index < -0.39 is 23.6 Å². The summed E-state index contributed by atoms with van der Waals surface area (Å²) in [4.78, 5) is 0. The minimum absolute atomic E-state index is 0.0414. The van der Waals surface area contributed by atoms with E-state index in [1.54, 1.807) is 0 Å². The van der Waals surface area contributed by atoms with Crippen molar-refractivity contribution < 1.29 is 34.3 Å². The highest BCUT2D eigenvalue weighted by Gasteiger charge is 2.62. The van der Waals surface area contributed by atoms with E-state index in [0.717, 1.165) is 30.4 Å². The molecule has 0 spiro atoms. The zero-order valence-electron chi connectivity index (χ0n) is 18.5. The first-order valence-corrected chi connectivity index (χ1v) is 11.0. The molecule has 170 valence electrons. The van der Waals surface area contributed by atoms with Gasteiger partial charge in [-0.2, -0.15) is 0 Å². The highest BCUT2D eigenvalue weighted by atomic mass is 16.7. The summed E-state index contributed by atoms with van der Waals surface area (Å²) in [6.07, 6.45) is 1.57. The molecule has 30 heavy (non-hydrogen) atoms. The third-order valence-electron chi connectivity index (χ3n) is 5.89. The molecule has 2 aliphatic rings. The molecule has 7 heteroatoms. The van der Waals surface area contributed by atoms with Crippen molar-refractivity contribution in [1.29, 1.82) is 0 Å². The monoisotopic (exact) mass is 424 g/mol. The van der Waals surface area contributed by atoms with E-state index in [-0.39, 0.29) is 25.4 Å². The van der Waals surface area contributed by atoms with Gasteiger partial charge >= 0.3 is 0 Å². The molecule has 2 aliphatic heterocycles. The lowest BCUT2D eigenvalue weighted by molar-refractivity contribution is -0.248. The summed E-state index contributed by atoms with van der Waals surface area (Å²) in [6.45, 7) is 7.78. The van der Waals surface area contributed by atoms with Gasteiger partial charge in [0.05, 0.1) is 18.3 Å². The van der Waals surface area contributed by atoms with Crippen molar-refractivity contribution in [2.24, 2.45) is 0 Å². The number of hydrogen-bond acceptors (Lipinski definition) is 7. The van der Waals surface area contributed by atoms with E-state index in [1.807, 2.05) is 25.1 Å². The Hall–Kier alpha value is -1.22. The number of unbranched alkanes of at least 4 members (excludes halogenated alkanes) is 2. The van der Waals surface area contributed by atoms with Crippen LogP contribution < -0.4 is 4.74 Å². The van der Waals surface area contributed by atoms with Gasteiger partial charge in [-0.15, -0.1) is 0 Å². The van der Waals surface area contributed by atoms with Crippen molar-refractivity contribution in [3.05, 3.63) is 29.3 Å². The zero-order chi connectivity index (χ0) is 21.9. The molecule has 0 radical (unpaired) electrons. The maximum Gasteiger partial charge on any atom is 0.225 e. The number of aliphatic hydroxyl groups excluding tert-OH is 2. The molecule has 0 unspecified atom stereocenters. The van der Waals surface area contributed by atoms with Crippen molar-refractivity contribution in [2.75, 3.05) is 13.2 Å². The van der Waals surface area contributed by atoms with Crippen LogP contribution in [-0.2, 0) is 26.6 Å². The van der Waals surface area contributed by atoms with Gasteiger partial charge in [0.2, 0.25) is 5.79 Å². The number of ether oxygens (including phenoxy) is 4. The van der Waals surface area contributed by atoms with Crippen LogP contribution in [0, 0.1) is 0 Å². The van der Waals surface area contributed by atoms with Gasteiger partial charge < -0.3 is 34.3 Å². The number of hydrogen-bond donors (Lipinski definition) is 3. The Morgan fingerprint density at radius 1 is 1.23 bits per heavy atom. The lowest BCUT2D eigenvalue weighted by Crippen LogP contribution is -2.40. The Kier molecular flexibility index (Phi) is 7.43. The molecule has 0 bridgehead atoms. The third kappa shape index (κ3) is 4.82. The first-order chi connectivity index (χ1) is 14.2. The van der Waals surface area contributed by atoms with Gasteiger partial charge in [-0.1, -0.05) is 38.3 Å². The molecule has 1 aromatic carbocycles. The predicted octanol–water partition coefficient (Wildman–Crippen LogP) is 2.63. The summed E-state index contributed by atoms with van der Waals surface area (Å²) >= 11 is 0. The summed E-state index contributed by atoms with van der Waals surface area (Å²) in [5.41, 5.74) is 0.406. The number of fused-ring (bicyclic) bond motifs is 1. The molecule has 0 aromatic heterocycles. The van der Waals surface area contributed by atoms with E-state index in [9.17, 15) is 15.3 Å². The molecule has 0 saturated carbocycles. The van der Waals surface area contributed by atoms with E-state index in [0.29, 0.717) is 18.8 Å². The second-order valence-corrected chi connectivity index (χ2v) is 8.74. The maximum absolute atomic E-state index is 10.5. The van der Waals surface area contributed by atoms with Gasteiger partial charge in [-0.05, 0) is 33.3 Å². The SMILES string of the molecule is CCCCC[C@@H](O)[C@@H]1O[C@H]1[C@]1(OCC)OCc2c(OC[C@@H](O)C(C)(C)O)cccc21. The molecular formula is C23H36O7. The number of rotatable bonds is 12. The van der Waals surface area contributed by atoms with Crippen LogP contribution in [0.4, 0.5) is 0 Å². The standard InChI is InChI=1S/C23H36O7/c1-5-7-8-11-17(24)20-21(30-20)23(28-6-2)16-10-9-12-18(15(16)13-29-23)27-14-19(25)22(3,4)26/h9-10,12,17,19-21,24-26H,5-8,11,13-14H2,1-4H3/t17-,19-,20+,21-,23-/m1/s1. The second-order valence-electron chi connectivity index (χ2n) is 8.74. The highest BCUT2D eigenvalue weighted by Crippen LogP contribution is 2.51. The fourth-order valence-corrected chi connectivity index (χ4v) is 3.95. The van der Waals surface area contributed by atoms with Gasteiger partial charge in [0.25, 0.3) is 0 Å². The van der Waals surface area contributed by atoms with Crippen molar-refractivity contribution in [3.63, 3.8) is 0 Å². The van der Waals surface area contributed by atoms with Crippen LogP contribution in [0.3, 0.4) is 0 Å². The Bertz CT molecular complexity index is 701. The molecule has 2 heterocycles. The van der Waals surface area contributed by atoms with Crippen LogP contribution in [-0.4, -0.2) is 58.6 Å². The van der Waals surface area contributed by atoms with Crippen LogP contribution in [0.15, 0.2) is 18.2 Å². The number of benzene rings is 1. The van der Waals surface area contributed by atoms with Crippen molar-refractivity contribution in [3.8, 4) is 5.75 Å². The third-order valence-corrected chi connectivity index (χ3v) is 5.89. The number of aliphatic hydroxyl groups is 3. The van der Waals surface area contributed by atoms with Gasteiger partial charge in [0, 0.05) is 17.7 Å². The first kappa shape index (κ1) is 23.4. The fourth-order valence-electron chi connectivity index (χ4n) is 3.95. The molecule has 1 aromatic rings. The van der Waals surface area contributed by atoms with Gasteiger partial charge in [0.15, 0.2) is 0 Å². The van der Waals surface area contributed by atoms with Crippen LogP contribution in [0.1, 0.15) is 64.5 Å². The predicted molar refractivity (Wildman–Crippen MR) is 111 cm³/mol. The van der Waals surface area contributed by atoms with Crippen molar-refractivity contribution in [1.82, 2.24) is 0 Å². The van der Waals surface area contributed by atoms with Crippen LogP contribution in [0.2, 0.25) is 0 Å². The van der Waals surface area contributed by atoms with E-state index in [4.69, 9.17) is 18.9 Å². The van der Waals surface area contributed by atoms with Crippen molar-refractivity contribution in [2.45, 2.75) is 95.8 Å². The Balaban J connectivity index is 1.76. The van der Waals surface area contributed by atoms with E-state index >= 15 is 0 Å². The van der Waals surface area contributed by atoms with E-state index in [1.165, 1.54) is 13.8 Å². The Labute approximate surface area is 178 Å². The summed E-state index contributed by atoms with van der Waals surface area (Å²) in [5.74, 6) is -0.493. The normalized spacial score (nSPS) is 27.6. The number of epoxide rings is 1. The average Bonchev–Trinajstić information content (AvgIpc) is 3.43. The summed E-state index contributed by atoms with van der Waals surface area (Å²) in [5, 5.41) is 30.6. The van der Waals surface area contributed by atoms with Gasteiger partial charge in [-0.3, -0.25) is 0 Å². The van der Waals surface area contributed by atoms with E-state index in [2.05, 4.69) is 6.92 Å². The largest absolute Gasteiger partial charge is 0.490 e. The topological polar surface area (TPSA) is 101 Å². The van der Waals surface area contributed by atoms with Crippen LogP contribution in [0.25, 0.3) is 0 Å². The fraction of sp³-hybridized carbons (Fsp3) is 0.739. The zero-order valence-corrected chi connectivity index (χ0v) is 18.5. The van der Waals surface area contributed by atoms with Gasteiger partial charge in [0.1, 0.15) is 30.7 Å². The quantitative estimate of drug-likeness (QED) is 0.350. The summed E-state index contributed by atoms with van der Waals surface area (Å²) in [7, 11) is 0. The summed E-state index contributed by atoms with van der Waals surface area (Å²) < 4.78 is 23.9. The summed E-state index contributed by atoms with van der Waals surface area (Å²) in [6, 6.07) is 5.59. The Morgan fingerprint density at radius 3 is 2.67 bits per heavy atom.